The molecule has 116 valence electrons. The Bertz CT molecular complexity index is 308. The average molecular weight is 281 g/mol. The summed E-state index contributed by atoms with van der Waals surface area (Å²) in [5.41, 5.74) is 0. The van der Waals surface area contributed by atoms with Crippen LogP contribution < -0.4 is 5.32 Å². The lowest BCUT2D eigenvalue weighted by Gasteiger charge is -2.30. The van der Waals surface area contributed by atoms with Crippen molar-refractivity contribution in [2.75, 3.05) is 39.8 Å². The number of ether oxygens (including phenoxy) is 1. The SMILES string of the molecule is CC1CN(C)CCCN1CC1CCC(CNC2CC2)O1. The molecule has 2 aliphatic heterocycles. The van der Waals surface area contributed by atoms with Crippen molar-refractivity contribution in [3.05, 3.63) is 0 Å². The maximum absolute atomic E-state index is 6.24. The zero-order valence-electron chi connectivity index (χ0n) is 13.2. The van der Waals surface area contributed by atoms with Crippen LogP contribution in [0.5, 0.6) is 0 Å². The summed E-state index contributed by atoms with van der Waals surface area (Å²) in [5, 5.41) is 3.60. The summed E-state index contributed by atoms with van der Waals surface area (Å²) in [4.78, 5) is 5.10. The molecule has 0 aromatic carbocycles. The molecule has 4 heteroatoms. The zero-order valence-corrected chi connectivity index (χ0v) is 13.2. The van der Waals surface area contributed by atoms with Gasteiger partial charge < -0.3 is 15.0 Å². The maximum atomic E-state index is 6.24. The van der Waals surface area contributed by atoms with Crippen LogP contribution in [0.15, 0.2) is 0 Å². The van der Waals surface area contributed by atoms with Crippen molar-refractivity contribution >= 4 is 0 Å². The standard InChI is InChI=1S/C16H31N3O/c1-13-11-18(2)8-3-9-19(13)12-16-7-6-15(20-16)10-17-14-4-5-14/h13-17H,3-12H2,1-2H3. The summed E-state index contributed by atoms with van der Waals surface area (Å²) < 4.78 is 6.24. The second kappa shape index (κ2) is 6.73. The van der Waals surface area contributed by atoms with Crippen molar-refractivity contribution in [3.8, 4) is 0 Å². The number of likely N-dealkylation sites (N-methyl/N-ethyl adjacent to an activating group) is 1. The van der Waals surface area contributed by atoms with E-state index < -0.39 is 0 Å². The van der Waals surface area contributed by atoms with E-state index in [0.29, 0.717) is 18.2 Å². The Morgan fingerprint density at radius 2 is 1.90 bits per heavy atom. The minimum atomic E-state index is 0.463. The fourth-order valence-electron chi connectivity index (χ4n) is 3.60. The van der Waals surface area contributed by atoms with Gasteiger partial charge in [-0.15, -0.1) is 0 Å². The number of hydrogen-bond acceptors (Lipinski definition) is 4. The first-order valence-electron chi connectivity index (χ1n) is 8.52. The van der Waals surface area contributed by atoms with E-state index in [0.717, 1.165) is 19.1 Å². The van der Waals surface area contributed by atoms with Crippen molar-refractivity contribution in [1.29, 1.82) is 0 Å². The molecule has 3 fully saturated rings. The fourth-order valence-corrected chi connectivity index (χ4v) is 3.60. The topological polar surface area (TPSA) is 27.7 Å². The Kier molecular flexibility index (Phi) is 4.97. The van der Waals surface area contributed by atoms with Gasteiger partial charge in [0.15, 0.2) is 0 Å². The molecule has 0 amide bonds. The average Bonchev–Trinajstić information content (AvgIpc) is 3.16. The summed E-state index contributed by atoms with van der Waals surface area (Å²) in [6.07, 6.45) is 7.45. The Morgan fingerprint density at radius 3 is 2.70 bits per heavy atom. The summed E-state index contributed by atoms with van der Waals surface area (Å²) in [7, 11) is 2.24. The van der Waals surface area contributed by atoms with E-state index in [1.54, 1.807) is 0 Å². The molecule has 3 unspecified atom stereocenters. The minimum absolute atomic E-state index is 0.463. The summed E-state index contributed by atoms with van der Waals surface area (Å²) in [6.45, 7) is 8.23. The molecule has 1 aliphatic carbocycles. The van der Waals surface area contributed by atoms with Crippen LogP contribution in [0.2, 0.25) is 0 Å². The molecule has 2 saturated heterocycles. The van der Waals surface area contributed by atoms with Crippen LogP contribution in [0.3, 0.4) is 0 Å². The van der Waals surface area contributed by atoms with Crippen LogP contribution in [0.1, 0.15) is 39.0 Å². The van der Waals surface area contributed by atoms with E-state index in [1.807, 2.05) is 0 Å². The number of hydrogen-bond donors (Lipinski definition) is 1. The smallest absolute Gasteiger partial charge is 0.0707 e. The van der Waals surface area contributed by atoms with Crippen molar-refractivity contribution in [2.45, 2.75) is 63.3 Å². The second-order valence-corrected chi connectivity index (χ2v) is 7.10. The Morgan fingerprint density at radius 1 is 1.10 bits per heavy atom. The van der Waals surface area contributed by atoms with Gasteiger partial charge in [0.05, 0.1) is 12.2 Å². The van der Waals surface area contributed by atoms with Crippen LogP contribution in [-0.4, -0.2) is 73.9 Å². The van der Waals surface area contributed by atoms with Gasteiger partial charge in [-0.25, -0.2) is 0 Å². The van der Waals surface area contributed by atoms with Gasteiger partial charge in [-0.1, -0.05) is 0 Å². The molecule has 0 aromatic heterocycles. The summed E-state index contributed by atoms with van der Waals surface area (Å²) >= 11 is 0. The van der Waals surface area contributed by atoms with Crippen molar-refractivity contribution in [2.24, 2.45) is 0 Å². The predicted molar refractivity (Wildman–Crippen MR) is 82.1 cm³/mol. The van der Waals surface area contributed by atoms with Gasteiger partial charge in [-0.3, -0.25) is 4.90 Å². The van der Waals surface area contributed by atoms with Gasteiger partial charge in [0.1, 0.15) is 0 Å². The molecule has 1 N–H and O–H groups in total. The van der Waals surface area contributed by atoms with Crippen LogP contribution in [0, 0.1) is 0 Å². The van der Waals surface area contributed by atoms with Crippen LogP contribution in [0.25, 0.3) is 0 Å². The van der Waals surface area contributed by atoms with E-state index in [-0.39, 0.29) is 0 Å². The fraction of sp³-hybridized carbons (Fsp3) is 1.00. The van der Waals surface area contributed by atoms with E-state index >= 15 is 0 Å². The molecule has 3 atom stereocenters. The van der Waals surface area contributed by atoms with Gasteiger partial charge in [0, 0.05) is 31.7 Å². The highest BCUT2D eigenvalue weighted by Gasteiger charge is 2.30. The maximum Gasteiger partial charge on any atom is 0.0707 e. The first kappa shape index (κ1) is 14.8. The van der Waals surface area contributed by atoms with Gasteiger partial charge >= 0.3 is 0 Å². The third kappa shape index (κ3) is 4.17. The Hall–Kier alpha value is -0.160. The quantitative estimate of drug-likeness (QED) is 0.822. The largest absolute Gasteiger partial charge is 0.372 e. The molecule has 0 radical (unpaired) electrons. The number of nitrogens with one attached hydrogen (secondary N) is 1. The number of nitrogens with zero attached hydrogens (tertiary/aromatic N) is 2. The molecule has 3 aliphatic rings. The van der Waals surface area contributed by atoms with Crippen LogP contribution >= 0.6 is 0 Å². The molecule has 3 rings (SSSR count). The van der Waals surface area contributed by atoms with Gasteiger partial charge in [-0.2, -0.15) is 0 Å². The lowest BCUT2D eigenvalue weighted by molar-refractivity contribution is 0.0163. The minimum Gasteiger partial charge on any atom is -0.372 e. The van der Waals surface area contributed by atoms with Gasteiger partial charge in [0.2, 0.25) is 0 Å². The monoisotopic (exact) mass is 281 g/mol. The summed E-state index contributed by atoms with van der Waals surface area (Å²) in [6, 6.07) is 1.47. The first-order chi connectivity index (χ1) is 9.70. The van der Waals surface area contributed by atoms with E-state index in [2.05, 4.69) is 29.1 Å². The third-order valence-electron chi connectivity index (χ3n) is 5.03. The lowest BCUT2D eigenvalue weighted by atomic mass is 10.1. The van der Waals surface area contributed by atoms with Crippen LogP contribution in [-0.2, 0) is 4.74 Å². The molecule has 20 heavy (non-hydrogen) atoms. The van der Waals surface area contributed by atoms with E-state index in [9.17, 15) is 0 Å². The highest BCUT2D eigenvalue weighted by atomic mass is 16.5. The predicted octanol–water partition coefficient (Wildman–Crippen LogP) is 1.31. The highest BCUT2D eigenvalue weighted by Crippen LogP contribution is 2.24. The first-order valence-corrected chi connectivity index (χ1v) is 8.52. The molecule has 0 aromatic rings. The number of rotatable bonds is 5. The second-order valence-electron chi connectivity index (χ2n) is 7.10. The van der Waals surface area contributed by atoms with Crippen molar-refractivity contribution < 1.29 is 4.74 Å². The highest BCUT2D eigenvalue weighted by molar-refractivity contribution is 4.85. The molecule has 1 saturated carbocycles. The van der Waals surface area contributed by atoms with E-state index in [1.165, 1.54) is 51.7 Å². The molecular weight excluding hydrogens is 250 g/mol. The third-order valence-corrected chi connectivity index (χ3v) is 5.03. The zero-order chi connectivity index (χ0) is 13.9. The Balaban J connectivity index is 1.40. The normalized spacial score (nSPS) is 37.2. The van der Waals surface area contributed by atoms with Crippen LogP contribution in [0.4, 0.5) is 0 Å². The summed E-state index contributed by atoms with van der Waals surface area (Å²) in [5.74, 6) is 0. The molecule has 0 bridgehead atoms. The van der Waals surface area contributed by atoms with Crippen molar-refractivity contribution in [3.63, 3.8) is 0 Å². The Labute approximate surface area is 123 Å². The lowest BCUT2D eigenvalue weighted by Crippen LogP contribution is -2.42. The van der Waals surface area contributed by atoms with E-state index in [4.69, 9.17) is 4.74 Å². The molecule has 0 spiro atoms. The molecule has 2 heterocycles. The molecular formula is C16H31N3O. The molecule has 4 nitrogen and oxygen atoms in total. The van der Waals surface area contributed by atoms with Gasteiger partial charge in [0.25, 0.3) is 0 Å². The van der Waals surface area contributed by atoms with Gasteiger partial charge in [-0.05, 0) is 59.2 Å². The van der Waals surface area contributed by atoms with Crippen molar-refractivity contribution in [1.82, 2.24) is 15.1 Å².